The average molecular weight is 550 g/mol. The van der Waals surface area contributed by atoms with Gasteiger partial charge in [-0.15, -0.1) is 0 Å². The number of hydrogen-bond donors (Lipinski definition) is 3. The smallest absolute Gasteiger partial charge is 0.408 e. The predicted molar refractivity (Wildman–Crippen MR) is 159 cm³/mol. The Morgan fingerprint density at radius 2 is 1.61 bits per heavy atom. The van der Waals surface area contributed by atoms with Crippen molar-refractivity contribution in [3.8, 4) is 0 Å². The summed E-state index contributed by atoms with van der Waals surface area (Å²) in [5, 5.41) is 5.73. The highest BCUT2D eigenvalue weighted by atomic mass is 32.1. The zero-order valence-corrected chi connectivity index (χ0v) is 25.6. The third-order valence-corrected chi connectivity index (χ3v) is 6.68. The number of aryl methyl sites for hydroxylation is 2. The molecule has 38 heavy (non-hydrogen) atoms. The Hall–Kier alpha value is -2.22. The molecule has 3 amide bonds. The first-order valence-electron chi connectivity index (χ1n) is 14.2. The van der Waals surface area contributed by atoms with Gasteiger partial charge >= 0.3 is 6.09 Å². The molecule has 0 fully saturated rings. The van der Waals surface area contributed by atoms with Gasteiger partial charge in [0.15, 0.2) is 0 Å². The maximum Gasteiger partial charge on any atom is 0.408 e. The van der Waals surface area contributed by atoms with Crippen molar-refractivity contribution in [1.29, 1.82) is 0 Å². The van der Waals surface area contributed by atoms with Gasteiger partial charge < -0.3 is 20.3 Å². The number of hydrogen-bond acceptors (Lipinski definition) is 5. The maximum absolute atomic E-state index is 14.0. The fourth-order valence-corrected chi connectivity index (χ4v) is 4.58. The van der Waals surface area contributed by atoms with E-state index in [0.29, 0.717) is 13.1 Å². The Morgan fingerprint density at radius 1 is 0.974 bits per heavy atom. The van der Waals surface area contributed by atoms with Crippen LogP contribution in [0.15, 0.2) is 18.2 Å². The molecule has 0 aliphatic rings. The predicted octanol–water partition coefficient (Wildman–Crippen LogP) is 6.27. The molecule has 0 saturated heterocycles. The van der Waals surface area contributed by atoms with Crippen molar-refractivity contribution < 1.29 is 19.1 Å². The molecular weight excluding hydrogens is 498 g/mol. The summed E-state index contributed by atoms with van der Waals surface area (Å²) in [5.74, 6) is -0.461. The molecule has 0 spiro atoms. The molecule has 0 aromatic heterocycles. The van der Waals surface area contributed by atoms with Crippen LogP contribution >= 0.6 is 12.6 Å². The number of thiol groups is 1. The van der Waals surface area contributed by atoms with Gasteiger partial charge in [0.25, 0.3) is 0 Å². The van der Waals surface area contributed by atoms with E-state index >= 15 is 0 Å². The van der Waals surface area contributed by atoms with Crippen molar-refractivity contribution in [2.75, 3.05) is 18.8 Å². The quantitative estimate of drug-likeness (QED) is 0.167. The van der Waals surface area contributed by atoms with Gasteiger partial charge in [0.05, 0.1) is 0 Å². The number of unbranched alkanes of at least 4 members (excludes halogenated alkanes) is 6. The van der Waals surface area contributed by atoms with Crippen molar-refractivity contribution in [1.82, 2.24) is 15.5 Å². The third-order valence-electron chi connectivity index (χ3n) is 6.32. The van der Waals surface area contributed by atoms with Crippen LogP contribution in [0.3, 0.4) is 0 Å². The van der Waals surface area contributed by atoms with Crippen molar-refractivity contribution in [2.24, 2.45) is 0 Å². The molecule has 0 heterocycles. The molecule has 0 radical (unpaired) electrons. The summed E-state index contributed by atoms with van der Waals surface area (Å²) >= 11 is 4.38. The molecule has 8 heteroatoms. The van der Waals surface area contributed by atoms with E-state index in [-0.39, 0.29) is 17.6 Å². The second-order valence-electron chi connectivity index (χ2n) is 11.1. The van der Waals surface area contributed by atoms with Crippen LogP contribution in [-0.4, -0.2) is 53.3 Å². The normalized spacial score (nSPS) is 12.9. The molecule has 1 aromatic rings. The topological polar surface area (TPSA) is 87.7 Å². The van der Waals surface area contributed by atoms with Gasteiger partial charge in [-0.05, 0) is 58.6 Å². The number of carbonyl (C=O) groups excluding carboxylic acids is 3. The van der Waals surface area contributed by atoms with Crippen molar-refractivity contribution in [2.45, 2.75) is 118 Å². The molecule has 2 N–H and O–H groups in total. The van der Waals surface area contributed by atoms with E-state index in [1.165, 1.54) is 6.42 Å². The van der Waals surface area contributed by atoms with Crippen LogP contribution in [0.5, 0.6) is 0 Å². The molecule has 1 rings (SSSR count). The molecular formula is C30H51N3O4S. The Morgan fingerprint density at radius 3 is 2.18 bits per heavy atom. The zero-order valence-electron chi connectivity index (χ0n) is 24.7. The summed E-state index contributed by atoms with van der Waals surface area (Å²) in [6.07, 6.45) is 7.45. The molecule has 2 atom stereocenters. The fourth-order valence-electron chi connectivity index (χ4n) is 4.33. The Balaban J connectivity index is 3.36. The van der Waals surface area contributed by atoms with E-state index in [0.717, 1.165) is 61.6 Å². The minimum atomic E-state index is -0.926. The lowest BCUT2D eigenvalue weighted by Crippen LogP contribution is -2.54. The lowest BCUT2D eigenvalue weighted by molar-refractivity contribution is -0.142. The van der Waals surface area contributed by atoms with Crippen LogP contribution in [0.2, 0.25) is 0 Å². The molecule has 0 aliphatic carbocycles. The summed E-state index contributed by atoms with van der Waals surface area (Å²) in [6.45, 7) is 14.5. The molecule has 216 valence electrons. The molecule has 0 aliphatic heterocycles. The van der Waals surface area contributed by atoms with Crippen LogP contribution in [0.25, 0.3) is 0 Å². The standard InChI is InChI=1S/C30H51N3O4S/c1-8-10-12-13-14-15-19-33(28(35)25(21-38)32-29(36)37-30(5,6)7)26(27(34)31-18-11-9-2)24-17-16-22(3)20-23(24)4/h16-17,20,25-26,38H,8-15,18-19,21H2,1-7H3,(H,31,34)(H,32,36). The van der Waals surface area contributed by atoms with Crippen LogP contribution in [0.1, 0.15) is 109 Å². The van der Waals surface area contributed by atoms with E-state index in [1.807, 2.05) is 32.0 Å². The van der Waals surface area contributed by atoms with Gasteiger partial charge in [-0.3, -0.25) is 9.59 Å². The van der Waals surface area contributed by atoms with E-state index in [9.17, 15) is 14.4 Å². The van der Waals surface area contributed by atoms with Gasteiger partial charge in [0.1, 0.15) is 17.7 Å². The first-order valence-corrected chi connectivity index (χ1v) is 14.8. The number of nitrogens with zero attached hydrogens (tertiary/aromatic N) is 1. The van der Waals surface area contributed by atoms with Crippen molar-refractivity contribution >= 4 is 30.5 Å². The lowest BCUT2D eigenvalue weighted by atomic mass is 9.96. The van der Waals surface area contributed by atoms with Crippen LogP contribution in [-0.2, 0) is 14.3 Å². The minimum Gasteiger partial charge on any atom is -0.444 e. The van der Waals surface area contributed by atoms with Gasteiger partial charge in [0.2, 0.25) is 11.8 Å². The third kappa shape index (κ3) is 12.1. The van der Waals surface area contributed by atoms with E-state index in [1.54, 1.807) is 25.7 Å². The van der Waals surface area contributed by atoms with Gasteiger partial charge in [0, 0.05) is 18.8 Å². The SMILES string of the molecule is CCCCCCCCN(C(=O)C(CS)NC(=O)OC(C)(C)C)C(C(=O)NCCCC)c1ccc(C)cc1C. The average Bonchev–Trinajstić information content (AvgIpc) is 2.83. The lowest BCUT2D eigenvalue weighted by Gasteiger charge is -2.35. The molecule has 1 aromatic carbocycles. The Kier molecular flexibility index (Phi) is 15.5. The molecule has 0 saturated carbocycles. The zero-order chi connectivity index (χ0) is 28.7. The first-order chi connectivity index (χ1) is 17.9. The number of amides is 3. The van der Waals surface area contributed by atoms with Crippen LogP contribution in [0, 0.1) is 13.8 Å². The van der Waals surface area contributed by atoms with E-state index in [4.69, 9.17) is 4.74 Å². The number of benzene rings is 1. The minimum absolute atomic E-state index is 0.0854. The number of carbonyl (C=O) groups is 3. The summed E-state index contributed by atoms with van der Waals surface area (Å²) in [4.78, 5) is 41.8. The molecule has 2 unspecified atom stereocenters. The van der Waals surface area contributed by atoms with Crippen molar-refractivity contribution in [3.05, 3.63) is 34.9 Å². The second kappa shape index (κ2) is 17.4. The second-order valence-corrected chi connectivity index (χ2v) is 11.5. The summed E-state index contributed by atoms with van der Waals surface area (Å²) < 4.78 is 5.39. The maximum atomic E-state index is 14.0. The first kappa shape index (κ1) is 33.8. The van der Waals surface area contributed by atoms with Crippen LogP contribution in [0.4, 0.5) is 4.79 Å². The number of alkyl carbamates (subject to hydrolysis) is 1. The van der Waals surface area contributed by atoms with Gasteiger partial charge in [-0.25, -0.2) is 4.79 Å². The Bertz CT molecular complexity index is 885. The van der Waals surface area contributed by atoms with Crippen LogP contribution < -0.4 is 10.6 Å². The summed E-state index contributed by atoms with van der Waals surface area (Å²) in [5.41, 5.74) is 2.13. The number of rotatable bonds is 16. The van der Waals surface area contributed by atoms with Gasteiger partial charge in [-0.2, -0.15) is 12.6 Å². The van der Waals surface area contributed by atoms with Gasteiger partial charge in [-0.1, -0.05) is 76.1 Å². The largest absolute Gasteiger partial charge is 0.444 e. The Labute approximate surface area is 236 Å². The highest BCUT2D eigenvalue weighted by Gasteiger charge is 2.36. The highest BCUT2D eigenvalue weighted by molar-refractivity contribution is 7.80. The molecule has 0 bridgehead atoms. The molecule has 7 nitrogen and oxygen atoms in total. The monoisotopic (exact) mass is 549 g/mol. The fraction of sp³-hybridized carbons (Fsp3) is 0.700. The summed E-state index contributed by atoms with van der Waals surface area (Å²) in [6, 6.07) is 4.21. The van der Waals surface area contributed by atoms with Crippen molar-refractivity contribution in [3.63, 3.8) is 0 Å². The van der Waals surface area contributed by atoms with E-state index in [2.05, 4.69) is 37.1 Å². The number of ether oxygens (including phenoxy) is 1. The number of nitrogens with one attached hydrogen (secondary N) is 2. The van der Waals surface area contributed by atoms with E-state index < -0.39 is 23.8 Å². The highest BCUT2D eigenvalue weighted by Crippen LogP contribution is 2.27. The summed E-state index contributed by atoms with van der Waals surface area (Å²) in [7, 11) is 0.